The summed E-state index contributed by atoms with van der Waals surface area (Å²) in [5.41, 5.74) is 1.87. The zero-order valence-electron chi connectivity index (χ0n) is 13.8. The summed E-state index contributed by atoms with van der Waals surface area (Å²) >= 11 is 0. The molecule has 2 N–H and O–H groups in total. The molecule has 1 amide bonds. The SMILES string of the molecule is CCn1cc(C(=O)NCc2ccc(N3CCNCC3)c(F)c2)cn1. The molecule has 7 heteroatoms. The van der Waals surface area contributed by atoms with Gasteiger partial charge in [-0.05, 0) is 24.6 Å². The number of amides is 1. The van der Waals surface area contributed by atoms with E-state index in [0.717, 1.165) is 31.7 Å². The molecule has 1 aliphatic heterocycles. The number of piperazine rings is 1. The summed E-state index contributed by atoms with van der Waals surface area (Å²) in [6.07, 6.45) is 3.23. The van der Waals surface area contributed by atoms with Crippen LogP contribution in [0.1, 0.15) is 22.8 Å². The van der Waals surface area contributed by atoms with Gasteiger partial charge in [0.05, 0.1) is 17.4 Å². The highest BCUT2D eigenvalue weighted by atomic mass is 19.1. The first-order chi connectivity index (χ1) is 11.7. The van der Waals surface area contributed by atoms with Crippen LogP contribution in [0.3, 0.4) is 0 Å². The minimum absolute atomic E-state index is 0.207. The number of hydrogen-bond acceptors (Lipinski definition) is 4. The van der Waals surface area contributed by atoms with Crippen LogP contribution in [0.25, 0.3) is 0 Å². The fourth-order valence-electron chi connectivity index (χ4n) is 2.76. The first kappa shape index (κ1) is 16.4. The molecule has 24 heavy (non-hydrogen) atoms. The molecule has 0 saturated carbocycles. The second-order valence-electron chi connectivity index (χ2n) is 5.79. The van der Waals surface area contributed by atoms with Crippen molar-refractivity contribution < 1.29 is 9.18 Å². The maximum Gasteiger partial charge on any atom is 0.254 e. The van der Waals surface area contributed by atoms with E-state index in [9.17, 15) is 9.18 Å². The van der Waals surface area contributed by atoms with Gasteiger partial charge in [0.2, 0.25) is 0 Å². The van der Waals surface area contributed by atoms with Gasteiger partial charge in [-0.25, -0.2) is 4.39 Å². The van der Waals surface area contributed by atoms with E-state index in [0.29, 0.717) is 17.8 Å². The van der Waals surface area contributed by atoms with Gasteiger partial charge >= 0.3 is 0 Å². The van der Waals surface area contributed by atoms with Crippen LogP contribution in [0.5, 0.6) is 0 Å². The third kappa shape index (κ3) is 3.73. The number of carbonyl (C=O) groups is 1. The predicted octanol–water partition coefficient (Wildman–Crippen LogP) is 1.38. The third-order valence-corrected chi connectivity index (χ3v) is 4.14. The molecule has 128 valence electrons. The molecule has 0 aliphatic carbocycles. The molecule has 1 fully saturated rings. The van der Waals surface area contributed by atoms with Gasteiger partial charge in [0.1, 0.15) is 5.82 Å². The number of aromatic nitrogens is 2. The van der Waals surface area contributed by atoms with Crippen LogP contribution in [0.15, 0.2) is 30.6 Å². The van der Waals surface area contributed by atoms with E-state index in [4.69, 9.17) is 0 Å². The molecule has 2 heterocycles. The van der Waals surface area contributed by atoms with E-state index in [-0.39, 0.29) is 18.3 Å². The van der Waals surface area contributed by atoms with Crippen molar-refractivity contribution in [2.45, 2.75) is 20.0 Å². The Hall–Kier alpha value is -2.41. The van der Waals surface area contributed by atoms with Gasteiger partial charge in [0, 0.05) is 45.5 Å². The maximum absolute atomic E-state index is 14.3. The molecule has 0 radical (unpaired) electrons. The van der Waals surface area contributed by atoms with Crippen molar-refractivity contribution in [3.8, 4) is 0 Å². The standard InChI is InChI=1S/C17H22FN5O/c1-2-23-12-14(11-21-23)17(24)20-10-13-3-4-16(15(18)9-13)22-7-5-19-6-8-22/h3-4,9,11-12,19H,2,5-8,10H2,1H3,(H,20,24). The fraction of sp³-hybridized carbons (Fsp3) is 0.412. The number of rotatable bonds is 5. The van der Waals surface area contributed by atoms with E-state index >= 15 is 0 Å². The van der Waals surface area contributed by atoms with Crippen molar-refractivity contribution >= 4 is 11.6 Å². The molecule has 0 bridgehead atoms. The highest BCUT2D eigenvalue weighted by Crippen LogP contribution is 2.21. The van der Waals surface area contributed by atoms with Crippen LogP contribution in [0, 0.1) is 5.82 Å². The van der Waals surface area contributed by atoms with Crippen molar-refractivity contribution in [2.24, 2.45) is 0 Å². The first-order valence-electron chi connectivity index (χ1n) is 8.22. The smallest absolute Gasteiger partial charge is 0.254 e. The molecule has 3 rings (SSSR count). The quantitative estimate of drug-likeness (QED) is 0.869. The molecule has 0 atom stereocenters. The maximum atomic E-state index is 14.3. The number of anilines is 1. The van der Waals surface area contributed by atoms with E-state index in [2.05, 4.69) is 15.7 Å². The molecule has 1 aliphatic rings. The minimum atomic E-state index is -0.248. The van der Waals surface area contributed by atoms with Gasteiger partial charge < -0.3 is 15.5 Å². The van der Waals surface area contributed by atoms with Gasteiger partial charge in [-0.1, -0.05) is 6.07 Å². The van der Waals surface area contributed by atoms with Gasteiger partial charge in [-0.2, -0.15) is 5.10 Å². The summed E-state index contributed by atoms with van der Waals surface area (Å²) in [5, 5.41) is 10.1. The molecular formula is C17H22FN5O. The lowest BCUT2D eigenvalue weighted by Crippen LogP contribution is -2.43. The Bertz CT molecular complexity index is 709. The lowest BCUT2D eigenvalue weighted by Gasteiger charge is -2.29. The zero-order chi connectivity index (χ0) is 16.9. The second kappa shape index (κ2) is 7.44. The van der Waals surface area contributed by atoms with Crippen LogP contribution < -0.4 is 15.5 Å². The van der Waals surface area contributed by atoms with E-state index in [1.807, 2.05) is 17.9 Å². The minimum Gasteiger partial charge on any atom is -0.367 e. The number of nitrogens with one attached hydrogen (secondary N) is 2. The Kier molecular flexibility index (Phi) is 5.10. The average molecular weight is 331 g/mol. The predicted molar refractivity (Wildman–Crippen MR) is 90.6 cm³/mol. The second-order valence-corrected chi connectivity index (χ2v) is 5.79. The molecule has 1 aromatic carbocycles. The Balaban J connectivity index is 1.61. The average Bonchev–Trinajstić information content (AvgIpc) is 3.10. The van der Waals surface area contributed by atoms with E-state index in [1.54, 1.807) is 16.9 Å². The molecule has 6 nitrogen and oxygen atoms in total. The number of carbonyl (C=O) groups excluding carboxylic acids is 1. The number of benzene rings is 1. The highest BCUT2D eigenvalue weighted by Gasteiger charge is 2.15. The number of halogens is 1. The Morgan fingerprint density at radius 1 is 1.38 bits per heavy atom. The molecule has 2 aromatic rings. The molecular weight excluding hydrogens is 309 g/mol. The normalized spacial score (nSPS) is 14.7. The molecule has 1 saturated heterocycles. The van der Waals surface area contributed by atoms with Crippen LogP contribution in [-0.4, -0.2) is 41.9 Å². The van der Waals surface area contributed by atoms with Gasteiger partial charge in [0.15, 0.2) is 0 Å². The lowest BCUT2D eigenvalue weighted by molar-refractivity contribution is 0.0950. The van der Waals surface area contributed by atoms with E-state index in [1.165, 1.54) is 12.3 Å². The Morgan fingerprint density at radius 2 is 2.17 bits per heavy atom. The molecule has 1 aromatic heterocycles. The summed E-state index contributed by atoms with van der Waals surface area (Å²) in [5.74, 6) is -0.455. The highest BCUT2D eigenvalue weighted by molar-refractivity contribution is 5.93. The van der Waals surface area contributed by atoms with Gasteiger partial charge in [-0.15, -0.1) is 0 Å². The largest absolute Gasteiger partial charge is 0.367 e. The molecule has 0 unspecified atom stereocenters. The third-order valence-electron chi connectivity index (χ3n) is 4.14. The summed E-state index contributed by atoms with van der Waals surface area (Å²) < 4.78 is 16.0. The number of aryl methyl sites for hydroxylation is 1. The van der Waals surface area contributed by atoms with Gasteiger partial charge in [0.25, 0.3) is 5.91 Å². The first-order valence-corrected chi connectivity index (χ1v) is 8.22. The Morgan fingerprint density at radius 3 is 2.83 bits per heavy atom. The van der Waals surface area contributed by atoms with Crippen LogP contribution >= 0.6 is 0 Å². The summed E-state index contributed by atoms with van der Waals surface area (Å²) in [6, 6.07) is 5.14. The monoisotopic (exact) mass is 331 g/mol. The lowest BCUT2D eigenvalue weighted by atomic mass is 10.1. The molecule has 0 spiro atoms. The van der Waals surface area contributed by atoms with Crippen LogP contribution in [0.2, 0.25) is 0 Å². The van der Waals surface area contributed by atoms with E-state index < -0.39 is 0 Å². The van der Waals surface area contributed by atoms with Gasteiger partial charge in [-0.3, -0.25) is 9.48 Å². The van der Waals surface area contributed by atoms with Crippen molar-refractivity contribution in [1.29, 1.82) is 0 Å². The van der Waals surface area contributed by atoms with Crippen molar-refractivity contribution in [1.82, 2.24) is 20.4 Å². The summed E-state index contributed by atoms with van der Waals surface area (Å²) in [6.45, 7) is 6.28. The zero-order valence-corrected chi connectivity index (χ0v) is 13.8. The number of hydrogen-bond donors (Lipinski definition) is 2. The number of nitrogens with zero attached hydrogens (tertiary/aromatic N) is 3. The fourth-order valence-corrected chi connectivity index (χ4v) is 2.76. The van der Waals surface area contributed by atoms with Crippen molar-refractivity contribution in [3.05, 3.63) is 47.5 Å². The van der Waals surface area contributed by atoms with Crippen molar-refractivity contribution in [3.63, 3.8) is 0 Å². The summed E-state index contributed by atoms with van der Waals surface area (Å²) in [4.78, 5) is 14.1. The Labute approximate surface area is 140 Å². The summed E-state index contributed by atoms with van der Waals surface area (Å²) in [7, 11) is 0. The van der Waals surface area contributed by atoms with Crippen molar-refractivity contribution in [2.75, 3.05) is 31.1 Å². The van der Waals surface area contributed by atoms with Crippen LogP contribution in [-0.2, 0) is 13.1 Å². The topological polar surface area (TPSA) is 62.2 Å². The van der Waals surface area contributed by atoms with Crippen LogP contribution in [0.4, 0.5) is 10.1 Å².